The lowest BCUT2D eigenvalue weighted by Crippen LogP contribution is -2.23. The molecule has 156 valence electrons. The second-order valence-electron chi connectivity index (χ2n) is 6.54. The number of nitrogens with zero attached hydrogens (tertiary/aromatic N) is 3. The Bertz CT molecular complexity index is 1140. The number of nitro groups is 1. The zero-order valence-electron chi connectivity index (χ0n) is 16.7. The Kier molecular flexibility index (Phi) is 5.95. The van der Waals surface area contributed by atoms with Crippen molar-refractivity contribution in [3.8, 4) is 5.75 Å². The fraction of sp³-hybridized carbons (Fsp3) is 0.250. The summed E-state index contributed by atoms with van der Waals surface area (Å²) in [4.78, 5) is 39.3. The monoisotopic (exact) mass is 412 g/mol. The molecule has 10 nitrogen and oxygen atoms in total. The summed E-state index contributed by atoms with van der Waals surface area (Å²) in [6.07, 6.45) is 0. The number of benzene rings is 2. The zero-order valence-corrected chi connectivity index (χ0v) is 16.7. The number of anilines is 1. The zero-order chi connectivity index (χ0) is 21.8. The molecule has 30 heavy (non-hydrogen) atoms. The van der Waals surface area contributed by atoms with Crippen molar-refractivity contribution >= 4 is 34.3 Å². The second kappa shape index (κ2) is 8.60. The minimum absolute atomic E-state index is 0.0142. The minimum Gasteiger partial charge on any atom is -0.490 e. The molecule has 0 radical (unpaired) electrons. The van der Waals surface area contributed by atoms with Gasteiger partial charge in [-0.2, -0.15) is 0 Å². The number of amides is 1. The van der Waals surface area contributed by atoms with Crippen molar-refractivity contribution < 1.29 is 24.0 Å². The smallest absolute Gasteiger partial charge is 0.326 e. The highest BCUT2D eigenvalue weighted by Crippen LogP contribution is 2.32. The van der Waals surface area contributed by atoms with Gasteiger partial charge in [0.2, 0.25) is 0 Å². The van der Waals surface area contributed by atoms with Crippen LogP contribution in [0.15, 0.2) is 36.4 Å². The van der Waals surface area contributed by atoms with E-state index in [4.69, 9.17) is 9.47 Å². The maximum atomic E-state index is 12.2. The lowest BCUT2D eigenvalue weighted by atomic mass is 10.1. The lowest BCUT2D eigenvalue weighted by Gasteiger charge is -2.11. The third kappa shape index (κ3) is 4.37. The van der Waals surface area contributed by atoms with Crippen LogP contribution in [0.25, 0.3) is 11.0 Å². The first kappa shape index (κ1) is 20.8. The number of hydrogen-bond acceptors (Lipinski definition) is 7. The Morgan fingerprint density at radius 1 is 1.23 bits per heavy atom. The quantitative estimate of drug-likeness (QED) is 0.359. The average Bonchev–Trinajstić information content (AvgIpc) is 3.02. The lowest BCUT2D eigenvalue weighted by molar-refractivity contribution is -0.385. The maximum Gasteiger partial charge on any atom is 0.326 e. The molecule has 3 rings (SSSR count). The first-order valence-electron chi connectivity index (χ1n) is 9.00. The van der Waals surface area contributed by atoms with Gasteiger partial charge >= 0.3 is 11.7 Å². The molecule has 1 heterocycles. The van der Waals surface area contributed by atoms with Crippen molar-refractivity contribution in [3.63, 3.8) is 0 Å². The van der Waals surface area contributed by atoms with Crippen molar-refractivity contribution in [1.82, 2.24) is 9.55 Å². The number of esters is 1. The van der Waals surface area contributed by atoms with Gasteiger partial charge in [0.1, 0.15) is 12.4 Å². The van der Waals surface area contributed by atoms with E-state index in [0.717, 1.165) is 11.0 Å². The highest BCUT2D eigenvalue weighted by atomic mass is 16.6. The van der Waals surface area contributed by atoms with Crippen LogP contribution in [0.5, 0.6) is 5.75 Å². The highest BCUT2D eigenvalue weighted by molar-refractivity contribution is 5.94. The van der Waals surface area contributed by atoms with Gasteiger partial charge in [-0.05, 0) is 31.5 Å². The van der Waals surface area contributed by atoms with E-state index >= 15 is 0 Å². The van der Waals surface area contributed by atoms with E-state index in [2.05, 4.69) is 10.3 Å². The molecule has 0 bridgehead atoms. The molecule has 2 aromatic carbocycles. The fourth-order valence-corrected chi connectivity index (χ4v) is 3.02. The number of aryl methyl sites for hydroxylation is 2. The molecule has 0 aliphatic carbocycles. The molecule has 0 atom stereocenters. The van der Waals surface area contributed by atoms with E-state index in [1.807, 2.05) is 24.3 Å². The van der Waals surface area contributed by atoms with Crippen molar-refractivity contribution in [2.45, 2.75) is 20.4 Å². The van der Waals surface area contributed by atoms with Crippen molar-refractivity contribution in [1.29, 1.82) is 0 Å². The summed E-state index contributed by atoms with van der Waals surface area (Å²) in [6.45, 7) is 2.82. The molecule has 1 amide bonds. The minimum atomic E-state index is -0.589. The van der Waals surface area contributed by atoms with Crippen LogP contribution >= 0.6 is 0 Å². The number of nitrogens with one attached hydrogen (secondary N) is 1. The molecule has 10 heteroatoms. The van der Waals surface area contributed by atoms with Crippen molar-refractivity contribution in [3.05, 3.63) is 57.9 Å². The van der Waals surface area contributed by atoms with Crippen LogP contribution in [0.2, 0.25) is 0 Å². The number of aromatic nitrogens is 2. The number of ether oxygens (including phenoxy) is 2. The van der Waals surface area contributed by atoms with Crippen LogP contribution in [0.3, 0.4) is 0 Å². The molecule has 1 N–H and O–H groups in total. The van der Waals surface area contributed by atoms with Crippen LogP contribution in [-0.2, 0) is 20.9 Å². The van der Waals surface area contributed by atoms with E-state index in [9.17, 15) is 19.7 Å². The number of imidazole rings is 1. The van der Waals surface area contributed by atoms with Gasteiger partial charge in [0.25, 0.3) is 5.91 Å². The van der Waals surface area contributed by atoms with E-state index in [0.29, 0.717) is 17.1 Å². The number of methoxy groups -OCH3 is 1. The Balaban J connectivity index is 1.62. The number of hydrogen-bond donors (Lipinski definition) is 1. The first-order valence-corrected chi connectivity index (χ1v) is 9.00. The molecular formula is C20H20N4O6. The molecule has 0 unspecified atom stereocenters. The molecule has 3 aromatic rings. The molecule has 0 aliphatic rings. The molecule has 0 aliphatic heterocycles. The van der Waals surface area contributed by atoms with Gasteiger partial charge in [-0.25, -0.2) is 4.98 Å². The summed E-state index contributed by atoms with van der Waals surface area (Å²) in [5, 5.41) is 13.6. The largest absolute Gasteiger partial charge is 0.490 e. The van der Waals surface area contributed by atoms with Gasteiger partial charge in [0.15, 0.2) is 12.4 Å². The summed E-state index contributed by atoms with van der Waals surface area (Å²) in [6, 6.07) is 10.1. The third-order valence-corrected chi connectivity index (χ3v) is 4.49. The summed E-state index contributed by atoms with van der Waals surface area (Å²) >= 11 is 0. The van der Waals surface area contributed by atoms with Gasteiger partial charge in [-0.3, -0.25) is 19.7 Å². The van der Waals surface area contributed by atoms with E-state index < -0.39 is 23.4 Å². The van der Waals surface area contributed by atoms with Crippen LogP contribution in [-0.4, -0.2) is 40.1 Å². The number of para-hydroxylation sites is 2. The number of fused-ring (bicyclic) bond motifs is 1. The first-order chi connectivity index (χ1) is 14.3. The maximum absolute atomic E-state index is 12.2. The molecule has 0 saturated carbocycles. The number of carbonyl (C=O) groups excluding carboxylic acids is 2. The Morgan fingerprint density at radius 2 is 1.97 bits per heavy atom. The highest BCUT2D eigenvalue weighted by Gasteiger charge is 2.19. The Labute approximate surface area is 171 Å². The summed E-state index contributed by atoms with van der Waals surface area (Å²) in [5.74, 6) is -0.490. The average molecular weight is 412 g/mol. The molecule has 0 spiro atoms. The van der Waals surface area contributed by atoms with Gasteiger partial charge in [-0.1, -0.05) is 12.1 Å². The predicted molar refractivity (Wildman–Crippen MR) is 108 cm³/mol. The number of nitro benzene ring substituents is 1. The summed E-state index contributed by atoms with van der Waals surface area (Å²) < 4.78 is 11.8. The van der Waals surface area contributed by atoms with E-state index in [-0.39, 0.29) is 18.0 Å². The molecular weight excluding hydrogens is 392 g/mol. The normalized spacial score (nSPS) is 10.6. The van der Waals surface area contributed by atoms with E-state index in [1.54, 1.807) is 18.4 Å². The van der Waals surface area contributed by atoms with Crippen molar-refractivity contribution in [2.24, 2.45) is 0 Å². The summed E-state index contributed by atoms with van der Waals surface area (Å²) in [7, 11) is 1.30. The molecule has 1 aromatic heterocycles. The van der Waals surface area contributed by atoms with Gasteiger partial charge in [0, 0.05) is 17.8 Å². The Morgan fingerprint density at radius 3 is 2.67 bits per heavy atom. The van der Waals surface area contributed by atoms with Gasteiger partial charge in [-0.15, -0.1) is 0 Å². The van der Waals surface area contributed by atoms with Crippen LogP contribution in [0.4, 0.5) is 11.4 Å². The van der Waals surface area contributed by atoms with Crippen LogP contribution in [0, 0.1) is 24.0 Å². The topological polar surface area (TPSA) is 126 Å². The standard InChI is InChI=1S/C20H20N4O6/c1-12-8-17(24(27)28)18(29-3)9-15(12)22-19(25)11-30-20(26)10-23-13(2)21-14-6-4-5-7-16(14)23/h4-9H,10-11H2,1-3H3,(H,22,25). The van der Waals surface area contributed by atoms with Crippen LogP contribution in [0.1, 0.15) is 11.4 Å². The third-order valence-electron chi connectivity index (χ3n) is 4.49. The molecule has 0 saturated heterocycles. The van der Waals surface area contributed by atoms with Gasteiger partial charge < -0.3 is 19.4 Å². The number of rotatable bonds is 7. The predicted octanol–water partition coefficient (Wildman–Crippen LogP) is 2.75. The SMILES string of the molecule is COc1cc(NC(=O)COC(=O)Cn2c(C)nc3ccccc32)c(C)cc1[N+](=O)[O-]. The number of carbonyl (C=O) groups is 2. The Hall–Kier alpha value is -3.95. The van der Waals surface area contributed by atoms with Crippen molar-refractivity contribution in [2.75, 3.05) is 19.0 Å². The second-order valence-corrected chi connectivity index (χ2v) is 6.54. The van der Waals surface area contributed by atoms with E-state index in [1.165, 1.54) is 19.2 Å². The van der Waals surface area contributed by atoms with Crippen LogP contribution < -0.4 is 10.1 Å². The summed E-state index contributed by atoms with van der Waals surface area (Å²) in [5.41, 5.74) is 2.16. The molecule has 0 fully saturated rings. The fourth-order valence-electron chi connectivity index (χ4n) is 3.02. The van der Waals surface area contributed by atoms with Gasteiger partial charge in [0.05, 0.1) is 23.1 Å².